The molecule has 0 bridgehead atoms. The molecule has 0 aromatic heterocycles. The maximum absolute atomic E-state index is 12.8. The number of rotatable bonds is 3. The number of nitrogens with one attached hydrogen (secondary N) is 1. The standard InChI is InChI=1S/C17H20N2O5/c1-11-5-6-12(19(22)23)9-14(11)18-16(21)13-10-15(20)24-17(13)7-3-2-4-8-17/h5-6,9,13H,2-4,7-8,10H2,1H3,(H,18,21). The van der Waals surface area contributed by atoms with Crippen molar-refractivity contribution >= 4 is 23.3 Å². The van der Waals surface area contributed by atoms with Crippen molar-refractivity contribution in [3.63, 3.8) is 0 Å². The fourth-order valence-electron chi connectivity index (χ4n) is 3.70. The van der Waals surface area contributed by atoms with Crippen molar-refractivity contribution in [2.24, 2.45) is 5.92 Å². The number of hydrogen-bond donors (Lipinski definition) is 1. The molecule has 24 heavy (non-hydrogen) atoms. The molecule has 0 radical (unpaired) electrons. The number of anilines is 1. The van der Waals surface area contributed by atoms with Crippen LogP contribution < -0.4 is 5.32 Å². The van der Waals surface area contributed by atoms with E-state index in [4.69, 9.17) is 4.74 Å². The van der Waals surface area contributed by atoms with Crippen LogP contribution in [0.25, 0.3) is 0 Å². The summed E-state index contributed by atoms with van der Waals surface area (Å²) in [5.74, 6) is -1.18. The first-order valence-corrected chi connectivity index (χ1v) is 8.19. The molecule has 1 saturated carbocycles. The number of ether oxygens (including phenoxy) is 1. The van der Waals surface area contributed by atoms with Crippen LogP contribution >= 0.6 is 0 Å². The minimum Gasteiger partial charge on any atom is -0.458 e. The van der Waals surface area contributed by atoms with Gasteiger partial charge in [0.15, 0.2) is 0 Å². The molecule has 1 amide bonds. The summed E-state index contributed by atoms with van der Waals surface area (Å²) in [6.07, 6.45) is 4.42. The second-order valence-electron chi connectivity index (χ2n) is 6.60. The monoisotopic (exact) mass is 332 g/mol. The Labute approximate surface area is 139 Å². The maximum Gasteiger partial charge on any atom is 0.307 e. The molecule has 1 N–H and O–H groups in total. The summed E-state index contributed by atoms with van der Waals surface area (Å²) in [5.41, 5.74) is 0.354. The second kappa shape index (κ2) is 6.22. The van der Waals surface area contributed by atoms with Gasteiger partial charge in [-0.3, -0.25) is 19.7 Å². The van der Waals surface area contributed by atoms with Gasteiger partial charge in [-0.25, -0.2) is 0 Å². The lowest BCUT2D eigenvalue weighted by Gasteiger charge is -2.36. The van der Waals surface area contributed by atoms with Crippen molar-refractivity contribution in [3.05, 3.63) is 33.9 Å². The summed E-state index contributed by atoms with van der Waals surface area (Å²) in [6.45, 7) is 1.77. The summed E-state index contributed by atoms with van der Waals surface area (Å²) in [4.78, 5) is 35.0. The number of benzene rings is 1. The summed E-state index contributed by atoms with van der Waals surface area (Å²) in [7, 11) is 0. The number of nitro groups is 1. The van der Waals surface area contributed by atoms with E-state index in [2.05, 4.69) is 5.32 Å². The number of nitrogens with zero attached hydrogens (tertiary/aromatic N) is 1. The fraction of sp³-hybridized carbons (Fsp3) is 0.529. The molecular weight excluding hydrogens is 312 g/mol. The number of carbonyl (C=O) groups excluding carboxylic acids is 2. The van der Waals surface area contributed by atoms with E-state index < -0.39 is 16.4 Å². The molecule has 1 saturated heterocycles. The van der Waals surface area contributed by atoms with Gasteiger partial charge in [0, 0.05) is 12.1 Å². The highest BCUT2D eigenvalue weighted by Crippen LogP contribution is 2.44. The van der Waals surface area contributed by atoms with E-state index in [1.54, 1.807) is 13.0 Å². The Hall–Kier alpha value is -2.44. The van der Waals surface area contributed by atoms with Gasteiger partial charge in [-0.05, 0) is 38.2 Å². The van der Waals surface area contributed by atoms with Crippen LogP contribution in [0.1, 0.15) is 44.1 Å². The summed E-state index contributed by atoms with van der Waals surface area (Å²) < 4.78 is 5.55. The van der Waals surface area contributed by atoms with Crippen LogP contribution in [0.4, 0.5) is 11.4 Å². The maximum atomic E-state index is 12.8. The summed E-state index contributed by atoms with van der Waals surface area (Å²) >= 11 is 0. The Bertz CT molecular complexity index is 694. The van der Waals surface area contributed by atoms with Gasteiger partial charge in [0.2, 0.25) is 5.91 Å². The van der Waals surface area contributed by atoms with E-state index >= 15 is 0 Å². The minimum atomic E-state index is -0.700. The molecule has 128 valence electrons. The summed E-state index contributed by atoms with van der Waals surface area (Å²) in [6, 6.07) is 4.34. The van der Waals surface area contributed by atoms with E-state index in [1.807, 2.05) is 0 Å². The van der Waals surface area contributed by atoms with Crippen LogP contribution in [0.2, 0.25) is 0 Å². The molecule has 2 aliphatic rings. The predicted molar refractivity (Wildman–Crippen MR) is 86.5 cm³/mol. The van der Waals surface area contributed by atoms with Gasteiger partial charge in [0.05, 0.1) is 22.9 Å². The number of amides is 1. The lowest BCUT2D eigenvalue weighted by Crippen LogP contribution is -2.43. The quantitative estimate of drug-likeness (QED) is 0.521. The van der Waals surface area contributed by atoms with Gasteiger partial charge in [-0.2, -0.15) is 0 Å². The van der Waals surface area contributed by atoms with Crippen molar-refractivity contribution in [3.8, 4) is 0 Å². The van der Waals surface area contributed by atoms with Crippen LogP contribution in [-0.2, 0) is 14.3 Å². The van der Waals surface area contributed by atoms with E-state index in [1.165, 1.54) is 12.1 Å². The molecule has 1 aliphatic carbocycles. The van der Waals surface area contributed by atoms with Gasteiger partial charge < -0.3 is 10.1 Å². The number of non-ortho nitro benzene ring substituents is 1. The zero-order valence-electron chi connectivity index (χ0n) is 13.5. The third-order valence-corrected chi connectivity index (χ3v) is 5.03. The van der Waals surface area contributed by atoms with Crippen LogP contribution in [-0.4, -0.2) is 22.4 Å². The largest absolute Gasteiger partial charge is 0.458 e. The van der Waals surface area contributed by atoms with E-state index in [0.717, 1.165) is 24.8 Å². The van der Waals surface area contributed by atoms with E-state index in [9.17, 15) is 19.7 Å². The predicted octanol–water partition coefficient (Wildman–Crippen LogP) is 3.11. The average Bonchev–Trinajstić information content (AvgIpc) is 2.85. The van der Waals surface area contributed by atoms with Gasteiger partial charge >= 0.3 is 5.97 Å². The number of carbonyl (C=O) groups is 2. The lowest BCUT2D eigenvalue weighted by atomic mass is 9.75. The Kier molecular flexibility index (Phi) is 4.26. The zero-order chi connectivity index (χ0) is 17.3. The molecule has 1 atom stereocenters. The normalized spacial score (nSPS) is 22.2. The third-order valence-electron chi connectivity index (χ3n) is 5.03. The third kappa shape index (κ3) is 2.98. The first-order chi connectivity index (χ1) is 11.4. The lowest BCUT2D eigenvalue weighted by molar-refractivity contribution is -0.384. The molecule has 7 nitrogen and oxygen atoms in total. The highest BCUT2D eigenvalue weighted by atomic mass is 16.6. The van der Waals surface area contributed by atoms with Gasteiger partial charge in [-0.15, -0.1) is 0 Å². The second-order valence-corrected chi connectivity index (χ2v) is 6.60. The van der Waals surface area contributed by atoms with Crippen molar-refractivity contribution in [1.82, 2.24) is 0 Å². The summed E-state index contributed by atoms with van der Waals surface area (Å²) in [5, 5.41) is 13.7. The highest BCUT2D eigenvalue weighted by molar-refractivity contribution is 5.97. The molecule has 7 heteroatoms. The van der Waals surface area contributed by atoms with Crippen molar-refractivity contribution in [2.75, 3.05) is 5.32 Å². The molecule has 1 spiro atoms. The van der Waals surface area contributed by atoms with Crippen molar-refractivity contribution < 1.29 is 19.2 Å². The van der Waals surface area contributed by atoms with Crippen LogP contribution in [0.15, 0.2) is 18.2 Å². The first kappa shape index (κ1) is 16.4. The number of aryl methyl sites for hydroxylation is 1. The highest BCUT2D eigenvalue weighted by Gasteiger charge is 2.52. The van der Waals surface area contributed by atoms with Gasteiger partial charge in [0.1, 0.15) is 5.60 Å². The Morgan fingerprint density at radius 2 is 2.04 bits per heavy atom. The molecule has 3 rings (SSSR count). The minimum absolute atomic E-state index is 0.0693. The van der Waals surface area contributed by atoms with Gasteiger partial charge in [-0.1, -0.05) is 12.5 Å². The molecule has 1 aromatic rings. The fourth-order valence-corrected chi connectivity index (χ4v) is 3.70. The molecule has 1 unspecified atom stereocenters. The number of nitro benzene ring substituents is 1. The van der Waals surface area contributed by atoms with Crippen molar-refractivity contribution in [2.45, 2.75) is 51.0 Å². The molecule has 1 aromatic carbocycles. The number of esters is 1. The molecule has 1 aliphatic heterocycles. The van der Waals surface area contributed by atoms with E-state index in [-0.39, 0.29) is 24.0 Å². The van der Waals surface area contributed by atoms with Crippen molar-refractivity contribution in [1.29, 1.82) is 0 Å². The van der Waals surface area contributed by atoms with Crippen LogP contribution in [0.5, 0.6) is 0 Å². The van der Waals surface area contributed by atoms with Crippen LogP contribution in [0, 0.1) is 23.0 Å². The molecule has 1 heterocycles. The number of hydrogen-bond acceptors (Lipinski definition) is 5. The molecule has 2 fully saturated rings. The van der Waals surface area contributed by atoms with Crippen LogP contribution in [0.3, 0.4) is 0 Å². The van der Waals surface area contributed by atoms with Gasteiger partial charge in [0.25, 0.3) is 5.69 Å². The molecular formula is C17H20N2O5. The average molecular weight is 332 g/mol. The first-order valence-electron chi connectivity index (χ1n) is 8.19. The Balaban J connectivity index is 1.82. The smallest absolute Gasteiger partial charge is 0.307 e. The SMILES string of the molecule is Cc1ccc([N+](=O)[O-])cc1NC(=O)C1CC(=O)OC12CCCCC2. The topological polar surface area (TPSA) is 98.5 Å². The zero-order valence-corrected chi connectivity index (χ0v) is 13.5. The van der Waals surface area contributed by atoms with E-state index in [0.29, 0.717) is 18.5 Å². The Morgan fingerprint density at radius 3 is 2.71 bits per heavy atom. The Morgan fingerprint density at radius 1 is 1.33 bits per heavy atom.